The van der Waals surface area contributed by atoms with E-state index >= 15 is 0 Å². The molecule has 3 rings (SSSR count). The van der Waals surface area contributed by atoms with Gasteiger partial charge in [-0.15, -0.1) is 10.2 Å². The van der Waals surface area contributed by atoms with Gasteiger partial charge in [0.05, 0.1) is 20.3 Å². The Hall–Kier alpha value is -3.27. The van der Waals surface area contributed by atoms with E-state index in [-0.39, 0.29) is 11.5 Å². The first-order valence-corrected chi connectivity index (χ1v) is 11.1. The second kappa shape index (κ2) is 10.9. The molecule has 0 aliphatic heterocycles. The van der Waals surface area contributed by atoms with E-state index in [0.29, 0.717) is 35.7 Å². The Morgan fingerprint density at radius 2 is 1.75 bits per heavy atom. The molecule has 2 aromatic carbocycles. The van der Waals surface area contributed by atoms with Crippen molar-refractivity contribution in [2.75, 3.05) is 26.9 Å². The molecule has 0 unspecified atom stereocenters. The lowest BCUT2D eigenvalue weighted by Gasteiger charge is -2.17. The van der Waals surface area contributed by atoms with Gasteiger partial charge in [0.15, 0.2) is 16.7 Å². The predicted molar refractivity (Wildman–Crippen MR) is 122 cm³/mol. The molecule has 0 aliphatic carbocycles. The molecular formula is C22H26N4O5S. The molecule has 3 aromatic rings. The summed E-state index contributed by atoms with van der Waals surface area (Å²) in [4.78, 5) is 11.1. The fraction of sp³-hybridized carbons (Fsp3) is 0.364. The number of rotatable bonds is 11. The van der Waals surface area contributed by atoms with Gasteiger partial charge < -0.3 is 14.2 Å². The van der Waals surface area contributed by atoms with Crippen LogP contribution in [-0.2, 0) is 0 Å². The number of benzene rings is 2. The Morgan fingerprint density at radius 3 is 2.38 bits per heavy atom. The normalized spacial score (nSPS) is 11.8. The molecule has 0 saturated carbocycles. The van der Waals surface area contributed by atoms with Crippen molar-refractivity contribution in [1.29, 1.82) is 0 Å². The summed E-state index contributed by atoms with van der Waals surface area (Å²) in [5.74, 6) is 2.59. The van der Waals surface area contributed by atoms with Crippen LogP contribution in [0.3, 0.4) is 0 Å². The first kappa shape index (κ1) is 23.4. The van der Waals surface area contributed by atoms with Gasteiger partial charge in [0.1, 0.15) is 16.8 Å². The lowest BCUT2D eigenvalue weighted by atomic mass is 10.1. The average molecular weight is 459 g/mol. The van der Waals surface area contributed by atoms with Crippen molar-refractivity contribution in [2.24, 2.45) is 0 Å². The van der Waals surface area contributed by atoms with Crippen LogP contribution in [-0.4, -0.2) is 46.6 Å². The van der Waals surface area contributed by atoms with Gasteiger partial charge in [-0.05, 0) is 62.7 Å². The van der Waals surface area contributed by atoms with Crippen LogP contribution in [0.4, 0.5) is 0 Å². The Kier molecular flexibility index (Phi) is 7.93. The van der Waals surface area contributed by atoms with E-state index in [2.05, 4.69) is 10.2 Å². The summed E-state index contributed by atoms with van der Waals surface area (Å²) in [7, 11) is 1.61. The second-order valence-corrected chi connectivity index (χ2v) is 7.93. The molecule has 170 valence electrons. The van der Waals surface area contributed by atoms with Gasteiger partial charge >= 0.3 is 0 Å². The molecule has 0 bridgehead atoms. The molecule has 0 N–H and O–H groups in total. The maximum Gasteiger partial charge on any atom is 0.220 e. The molecular weight excluding hydrogens is 432 g/mol. The van der Waals surface area contributed by atoms with E-state index < -0.39 is 5.25 Å². The number of methoxy groups -OCH3 is 1. The molecule has 0 aliphatic rings. The molecule has 0 saturated heterocycles. The number of ether oxygens (including phenoxy) is 3. The van der Waals surface area contributed by atoms with Crippen molar-refractivity contribution < 1.29 is 19.1 Å². The van der Waals surface area contributed by atoms with Crippen LogP contribution in [0.15, 0.2) is 47.6 Å². The highest BCUT2D eigenvalue weighted by atomic mass is 32.2. The first-order chi connectivity index (χ1) is 15.5. The molecule has 32 heavy (non-hydrogen) atoms. The zero-order valence-corrected chi connectivity index (χ0v) is 19.3. The molecule has 9 nitrogen and oxygen atoms in total. The minimum absolute atomic E-state index is 0.279. The zero-order valence-electron chi connectivity index (χ0n) is 18.5. The molecule has 0 fully saturated rings. The van der Waals surface area contributed by atoms with E-state index in [1.165, 1.54) is 11.8 Å². The van der Waals surface area contributed by atoms with Crippen molar-refractivity contribution >= 4 is 11.8 Å². The van der Waals surface area contributed by atoms with Crippen molar-refractivity contribution in [1.82, 2.24) is 14.8 Å². The van der Waals surface area contributed by atoms with Gasteiger partial charge in [0, 0.05) is 10.6 Å². The number of nitrogens with zero attached hydrogens (tertiary/aromatic N) is 4. The van der Waals surface area contributed by atoms with Crippen molar-refractivity contribution in [2.45, 2.75) is 31.2 Å². The highest BCUT2D eigenvalue weighted by molar-refractivity contribution is 7.99. The summed E-state index contributed by atoms with van der Waals surface area (Å²) in [6.45, 7) is 6.29. The first-order valence-electron chi connectivity index (χ1n) is 10.2. The fourth-order valence-electron chi connectivity index (χ4n) is 3.19. The molecule has 0 amide bonds. The van der Waals surface area contributed by atoms with Gasteiger partial charge in [0.2, 0.25) is 6.54 Å². The molecule has 0 spiro atoms. The third kappa shape index (κ3) is 5.50. The standard InChI is InChI=1S/C22H26N4O5S/c1-5-30-19-12-7-16(13-20(19)31-6-2)21(14-25(27)28)32-22-24-23-15(3)26(22)17-8-10-18(29-4)11-9-17/h7-13,21H,5-6,14H2,1-4H3/t21-/m0/s1. The Bertz CT molecular complexity index is 1050. The van der Waals surface area contributed by atoms with Crippen LogP contribution >= 0.6 is 11.8 Å². The van der Waals surface area contributed by atoms with E-state index in [1.54, 1.807) is 19.2 Å². The van der Waals surface area contributed by atoms with E-state index in [0.717, 1.165) is 17.0 Å². The molecule has 0 radical (unpaired) electrons. The van der Waals surface area contributed by atoms with Gasteiger partial charge in [-0.2, -0.15) is 0 Å². The van der Waals surface area contributed by atoms with Gasteiger partial charge in [-0.1, -0.05) is 17.8 Å². The topological polar surface area (TPSA) is 102 Å². The number of thioether (sulfide) groups is 1. The smallest absolute Gasteiger partial charge is 0.220 e. The summed E-state index contributed by atoms with van der Waals surface area (Å²) in [6, 6.07) is 12.9. The highest BCUT2D eigenvalue weighted by Crippen LogP contribution is 2.39. The minimum Gasteiger partial charge on any atom is -0.497 e. The zero-order chi connectivity index (χ0) is 23.1. The van der Waals surface area contributed by atoms with Crippen LogP contribution in [0.25, 0.3) is 5.69 Å². The van der Waals surface area contributed by atoms with Crippen molar-refractivity contribution in [3.63, 3.8) is 0 Å². The van der Waals surface area contributed by atoms with E-state index in [9.17, 15) is 10.1 Å². The SMILES string of the molecule is CCOc1ccc([C@H](C[N+](=O)[O-])Sc2nnc(C)n2-c2ccc(OC)cc2)cc1OCC. The Labute approximate surface area is 190 Å². The predicted octanol–water partition coefficient (Wildman–Crippen LogP) is 4.49. The second-order valence-electron chi connectivity index (χ2n) is 6.76. The number of aryl methyl sites for hydroxylation is 1. The highest BCUT2D eigenvalue weighted by Gasteiger charge is 2.25. The van der Waals surface area contributed by atoms with E-state index in [4.69, 9.17) is 14.2 Å². The summed E-state index contributed by atoms with van der Waals surface area (Å²) >= 11 is 1.29. The van der Waals surface area contributed by atoms with Crippen LogP contribution < -0.4 is 14.2 Å². The summed E-state index contributed by atoms with van der Waals surface area (Å²) < 4.78 is 18.4. The summed E-state index contributed by atoms with van der Waals surface area (Å²) in [6.07, 6.45) is 0. The lowest BCUT2D eigenvalue weighted by Crippen LogP contribution is -2.11. The maximum atomic E-state index is 11.5. The quantitative estimate of drug-likeness (QED) is 0.235. The third-order valence-electron chi connectivity index (χ3n) is 4.63. The average Bonchev–Trinajstić information content (AvgIpc) is 3.14. The van der Waals surface area contributed by atoms with E-state index in [1.807, 2.05) is 55.7 Å². The summed E-state index contributed by atoms with van der Waals surface area (Å²) in [5.41, 5.74) is 1.60. The van der Waals surface area contributed by atoms with Gasteiger partial charge in [-0.25, -0.2) is 0 Å². The number of nitro groups is 1. The van der Waals surface area contributed by atoms with Crippen molar-refractivity contribution in [3.8, 4) is 22.9 Å². The van der Waals surface area contributed by atoms with Crippen molar-refractivity contribution in [3.05, 3.63) is 64.0 Å². The molecule has 10 heteroatoms. The largest absolute Gasteiger partial charge is 0.497 e. The minimum atomic E-state index is -0.500. The molecule has 1 heterocycles. The Morgan fingerprint density at radius 1 is 1.06 bits per heavy atom. The fourth-order valence-corrected chi connectivity index (χ4v) is 4.35. The van der Waals surface area contributed by atoms with Gasteiger partial charge in [0.25, 0.3) is 0 Å². The van der Waals surface area contributed by atoms with Gasteiger partial charge in [-0.3, -0.25) is 14.7 Å². The molecule has 1 atom stereocenters. The number of hydrogen-bond acceptors (Lipinski definition) is 8. The van der Waals surface area contributed by atoms with Crippen LogP contribution in [0.5, 0.6) is 17.2 Å². The number of hydrogen-bond donors (Lipinski definition) is 0. The third-order valence-corrected chi connectivity index (χ3v) is 5.81. The number of aromatic nitrogens is 3. The summed E-state index contributed by atoms with van der Waals surface area (Å²) in [5, 5.41) is 20.0. The van der Waals surface area contributed by atoms with Crippen LogP contribution in [0, 0.1) is 17.0 Å². The Balaban J connectivity index is 1.97. The maximum absolute atomic E-state index is 11.5. The van der Waals surface area contributed by atoms with Crippen LogP contribution in [0.2, 0.25) is 0 Å². The van der Waals surface area contributed by atoms with Crippen LogP contribution in [0.1, 0.15) is 30.5 Å². The molecule has 1 aromatic heterocycles. The monoisotopic (exact) mass is 458 g/mol. The lowest BCUT2D eigenvalue weighted by molar-refractivity contribution is -0.479.